The summed E-state index contributed by atoms with van der Waals surface area (Å²) in [6.07, 6.45) is 0. The second-order valence-corrected chi connectivity index (χ2v) is 9.56. The summed E-state index contributed by atoms with van der Waals surface area (Å²) < 4.78 is 67.0. The second-order valence-electron chi connectivity index (χ2n) is 7.65. The Labute approximate surface area is 194 Å². The van der Waals surface area contributed by atoms with Gasteiger partial charge in [-0.25, -0.2) is 21.6 Å². The number of hydrogen-bond acceptors (Lipinski definition) is 4. The molecule has 0 bridgehead atoms. The minimum Gasteiger partial charge on any atom is -0.336 e. The van der Waals surface area contributed by atoms with Gasteiger partial charge in [-0.1, -0.05) is 18.2 Å². The molecule has 0 aromatic heterocycles. The van der Waals surface area contributed by atoms with E-state index in [4.69, 9.17) is 0 Å². The Balaban J connectivity index is 1.51. The summed E-state index contributed by atoms with van der Waals surface area (Å²) in [7, 11) is -4.22. The van der Waals surface area contributed by atoms with Crippen LogP contribution in [0.2, 0.25) is 0 Å². The molecule has 34 heavy (non-hydrogen) atoms. The Hall–Kier alpha value is -3.50. The van der Waals surface area contributed by atoms with Crippen LogP contribution in [0.5, 0.6) is 0 Å². The molecule has 0 radical (unpaired) electrons. The monoisotopic (exact) mass is 488 g/mol. The molecule has 1 amide bonds. The molecule has 10 heteroatoms. The lowest BCUT2D eigenvalue weighted by Gasteiger charge is -2.34. The lowest BCUT2D eigenvalue weighted by molar-refractivity contribution is 0.0694. The van der Waals surface area contributed by atoms with Crippen LogP contribution in [0.3, 0.4) is 0 Å². The number of halogens is 3. The van der Waals surface area contributed by atoms with Crippen molar-refractivity contribution in [2.24, 2.45) is 0 Å². The summed E-state index contributed by atoms with van der Waals surface area (Å²) >= 11 is 0. The van der Waals surface area contributed by atoms with E-state index in [1.807, 2.05) is 0 Å². The third-order valence-electron chi connectivity index (χ3n) is 5.55. The summed E-state index contributed by atoms with van der Waals surface area (Å²) in [6.45, 7) is -0.169. The number of carbonyl (C=O) groups excluding carboxylic acids is 2. The van der Waals surface area contributed by atoms with E-state index in [2.05, 4.69) is 0 Å². The maximum atomic E-state index is 14.0. The normalized spacial score (nSPS) is 14.7. The molecule has 1 aliphatic heterocycles. The number of sulfonamides is 1. The van der Waals surface area contributed by atoms with Crippen LogP contribution in [0.4, 0.5) is 13.2 Å². The first-order valence-electron chi connectivity index (χ1n) is 10.3. The van der Waals surface area contributed by atoms with Crippen LogP contribution in [0.1, 0.15) is 26.3 Å². The summed E-state index contributed by atoms with van der Waals surface area (Å²) in [6, 6.07) is 13.4. The number of hydrogen-bond donors (Lipinski definition) is 0. The van der Waals surface area contributed by atoms with Crippen molar-refractivity contribution < 1.29 is 31.2 Å². The van der Waals surface area contributed by atoms with Gasteiger partial charge in [0.1, 0.15) is 22.3 Å². The summed E-state index contributed by atoms with van der Waals surface area (Å²) in [4.78, 5) is 26.9. The van der Waals surface area contributed by atoms with E-state index in [9.17, 15) is 31.2 Å². The molecule has 1 aliphatic rings. The van der Waals surface area contributed by atoms with Gasteiger partial charge in [0.05, 0.1) is 5.56 Å². The van der Waals surface area contributed by atoms with Crippen LogP contribution in [-0.4, -0.2) is 55.5 Å². The Kier molecular flexibility index (Phi) is 6.54. The molecule has 0 spiro atoms. The zero-order valence-electron chi connectivity index (χ0n) is 17.7. The SMILES string of the molecule is O=C(c1ccc(F)cc1)c1ccccc1C(=O)N1CCN(S(=O)(=O)c2ccc(F)cc2F)CC1. The summed E-state index contributed by atoms with van der Waals surface area (Å²) in [5.41, 5.74) is 0.499. The molecule has 1 heterocycles. The second kappa shape index (κ2) is 9.40. The molecule has 1 fully saturated rings. The number of amides is 1. The van der Waals surface area contributed by atoms with Gasteiger partial charge in [-0.15, -0.1) is 0 Å². The molecule has 6 nitrogen and oxygen atoms in total. The Morgan fingerprint density at radius 2 is 1.32 bits per heavy atom. The minimum atomic E-state index is -4.22. The van der Waals surface area contributed by atoms with Crippen LogP contribution in [0, 0.1) is 17.5 Å². The first-order valence-corrected chi connectivity index (χ1v) is 11.8. The van der Waals surface area contributed by atoms with Gasteiger partial charge in [-0.2, -0.15) is 4.31 Å². The van der Waals surface area contributed by atoms with Crippen molar-refractivity contribution in [1.82, 2.24) is 9.21 Å². The molecule has 4 rings (SSSR count). The van der Waals surface area contributed by atoms with Crippen molar-refractivity contribution in [3.05, 3.63) is 101 Å². The van der Waals surface area contributed by atoms with Gasteiger partial charge >= 0.3 is 0 Å². The molecule has 0 aliphatic carbocycles. The van der Waals surface area contributed by atoms with Crippen molar-refractivity contribution in [2.75, 3.05) is 26.2 Å². The van der Waals surface area contributed by atoms with E-state index < -0.39 is 44.1 Å². The number of nitrogens with zero attached hydrogens (tertiary/aromatic N) is 2. The fraction of sp³-hybridized carbons (Fsp3) is 0.167. The van der Waals surface area contributed by atoms with E-state index in [1.54, 1.807) is 12.1 Å². The van der Waals surface area contributed by atoms with Gasteiger partial charge in [0.15, 0.2) is 5.78 Å². The fourth-order valence-corrected chi connectivity index (χ4v) is 5.22. The van der Waals surface area contributed by atoms with Gasteiger partial charge in [0.2, 0.25) is 10.0 Å². The van der Waals surface area contributed by atoms with Crippen molar-refractivity contribution in [1.29, 1.82) is 0 Å². The van der Waals surface area contributed by atoms with Crippen molar-refractivity contribution in [3.8, 4) is 0 Å². The van der Waals surface area contributed by atoms with Gasteiger partial charge in [0, 0.05) is 43.4 Å². The van der Waals surface area contributed by atoms with Crippen LogP contribution in [0.25, 0.3) is 0 Å². The highest BCUT2D eigenvalue weighted by Gasteiger charge is 2.33. The largest absolute Gasteiger partial charge is 0.336 e. The number of piperazine rings is 1. The highest BCUT2D eigenvalue weighted by molar-refractivity contribution is 7.89. The van der Waals surface area contributed by atoms with Crippen molar-refractivity contribution >= 4 is 21.7 Å². The summed E-state index contributed by atoms with van der Waals surface area (Å²) in [5.74, 6) is -3.48. The first-order chi connectivity index (χ1) is 16.2. The van der Waals surface area contributed by atoms with Crippen LogP contribution in [0.15, 0.2) is 71.6 Å². The van der Waals surface area contributed by atoms with Crippen molar-refractivity contribution in [3.63, 3.8) is 0 Å². The van der Waals surface area contributed by atoms with E-state index >= 15 is 0 Å². The Bertz CT molecular complexity index is 1350. The van der Waals surface area contributed by atoms with E-state index in [0.29, 0.717) is 6.07 Å². The fourth-order valence-electron chi connectivity index (χ4n) is 3.75. The Morgan fingerprint density at radius 1 is 0.735 bits per heavy atom. The molecule has 0 saturated carbocycles. The molecule has 176 valence electrons. The standard InChI is InChI=1S/C24H19F3N2O4S/c25-17-7-5-16(6-8-17)23(30)19-3-1-2-4-20(19)24(31)28-11-13-29(14-12-28)34(32,33)22-10-9-18(26)15-21(22)27/h1-10,15H,11-14H2. The average Bonchev–Trinajstić information content (AvgIpc) is 2.83. The predicted molar refractivity (Wildman–Crippen MR) is 117 cm³/mol. The zero-order chi connectivity index (χ0) is 24.5. The maximum Gasteiger partial charge on any atom is 0.254 e. The third kappa shape index (κ3) is 4.59. The number of carbonyl (C=O) groups is 2. The van der Waals surface area contributed by atoms with Crippen LogP contribution in [-0.2, 0) is 10.0 Å². The lowest BCUT2D eigenvalue weighted by Crippen LogP contribution is -2.50. The van der Waals surface area contributed by atoms with Crippen LogP contribution < -0.4 is 0 Å². The van der Waals surface area contributed by atoms with Gasteiger partial charge in [-0.05, 0) is 42.5 Å². The van der Waals surface area contributed by atoms with E-state index in [-0.39, 0.29) is 42.9 Å². The van der Waals surface area contributed by atoms with Gasteiger partial charge in [-0.3, -0.25) is 9.59 Å². The molecule has 0 unspecified atom stereocenters. The molecule has 3 aromatic carbocycles. The number of benzene rings is 3. The third-order valence-corrected chi connectivity index (χ3v) is 7.48. The van der Waals surface area contributed by atoms with E-state index in [0.717, 1.165) is 28.6 Å². The minimum absolute atomic E-state index is 0.0138. The van der Waals surface area contributed by atoms with Gasteiger partial charge < -0.3 is 4.90 Å². The molecule has 0 atom stereocenters. The smallest absolute Gasteiger partial charge is 0.254 e. The lowest BCUT2D eigenvalue weighted by atomic mass is 9.97. The van der Waals surface area contributed by atoms with Crippen molar-refractivity contribution in [2.45, 2.75) is 4.90 Å². The first kappa shape index (κ1) is 23.7. The average molecular weight is 488 g/mol. The zero-order valence-corrected chi connectivity index (χ0v) is 18.6. The molecule has 0 N–H and O–H groups in total. The van der Waals surface area contributed by atoms with Crippen LogP contribution >= 0.6 is 0 Å². The molecular formula is C24H19F3N2O4S. The predicted octanol–water partition coefficient (Wildman–Crippen LogP) is 3.48. The quantitative estimate of drug-likeness (QED) is 0.516. The topological polar surface area (TPSA) is 74.8 Å². The highest BCUT2D eigenvalue weighted by Crippen LogP contribution is 2.23. The Morgan fingerprint density at radius 3 is 1.94 bits per heavy atom. The van der Waals surface area contributed by atoms with Gasteiger partial charge in [0.25, 0.3) is 5.91 Å². The molecular weight excluding hydrogens is 469 g/mol. The summed E-state index contributed by atoms with van der Waals surface area (Å²) in [5, 5.41) is 0. The number of rotatable bonds is 5. The molecule has 3 aromatic rings. The number of ketones is 1. The maximum absolute atomic E-state index is 14.0. The highest BCUT2D eigenvalue weighted by atomic mass is 32.2. The van der Waals surface area contributed by atoms with E-state index in [1.165, 1.54) is 29.2 Å². The molecule has 1 saturated heterocycles.